The van der Waals surface area contributed by atoms with Gasteiger partial charge in [0.05, 0.1) is 22.6 Å². The number of thioether (sulfide) groups is 1. The average molecular weight is 266 g/mol. The minimum Gasteiger partial charge on any atom is -0.353 e. The Kier molecular flexibility index (Phi) is 3.47. The number of aromatic amines is 1. The number of carbonyl (C=O) groups excluding carboxylic acids is 1. The molecule has 0 aromatic carbocycles. The van der Waals surface area contributed by atoms with Crippen molar-refractivity contribution in [3.8, 4) is 0 Å². The number of ketones is 1. The van der Waals surface area contributed by atoms with Crippen LogP contribution < -0.4 is 0 Å². The molecule has 7 nitrogen and oxygen atoms in total. The second-order valence-electron chi connectivity index (χ2n) is 3.56. The lowest BCUT2D eigenvalue weighted by Crippen LogP contribution is -2.03. The van der Waals surface area contributed by atoms with Crippen molar-refractivity contribution in [1.82, 2.24) is 14.5 Å². The number of aromatic nitrogens is 3. The van der Waals surface area contributed by atoms with E-state index in [-0.39, 0.29) is 22.9 Å². The predicted molar refractivity (Wildman–Crippen MR) is 65.7 cm³/mol. The van der Waals surface area contributed by atoms with Gasteiger partial charge in [-0.2, -0.15) is 0 Å². The van der Waals surface area contributed by atoms with E-state index in [2.05, 4.69) is 9.97 Å². The summed E-state index contributed by atoms with van der Waals surface area (Å²) in [6, 6.07) is 1.24. The molecule has 0 amide bonds. The Morgan fingerprint density at radius 3 is 3.00 bits per heavy atom. The zero-order valence-corrected chi connectivity index (χ0v) is 10.3. The number of nitrogens with zero attached hydrogens (tertiary/aromatic N) is 3. The Morgan fingerprint density at radius 1 is 1.67 bits per heavy atom. The van der Waals surface area contributed by atoms with Gasteiger partial charge in [-0.25, -0.2) is 4.98 Å². The van der Waals surface area contributed by atoms with Gasteiger partial charge in [-0.15, -0.1) is 0 Å². The van der Waals surface area contributed by atoms with Crippen LogP contribution in [-0.2, 0) is 7.05 Å². The summed E-state index contributed by atoms with van der Waals surface area (Å²) >= 11 is 1.29. The normalized spacial score (nSPS) is 10.5. The third-order valence-corrected chi connectivity index (χ3v) is 3.35. The highest BCUT2D eigenvalue weighted by atomic mass is 32.2. The summed E-state index contributed by atoms with van der Waals surface area (Å²) in [5.74, 6) is -0.0150. The Labute approximate surface area is 106 Å². The van der Waals surface area contributed by atoms with Crippen LogP contribution >= 0.6 is 11.8 Å². The van der Waals surface area contributed by atoms with Crippen molar-refractivity contribution in [1.29, 1.82) is 0 Å². The van der Waals surface area contributed by atoms with Gasteiger partial charge in [-0.3, -0.25) is 14.9 Å². The van der Waals surface area contributed by atoms with Gasteiger partial charge in [0.1, 0.15) is 0 Å². The molecular formula is C10H10N4O3S. The third-order valence-electron chi connectivity index (χ3n) is 2.29. The number of aryl methyl sites for hydroxylation is 1. The number of rotatable bonds is 5. The molecule has 18 heavy (non-hydrogen) atoms. The lowest BCUT2D eigenvalue weighted by Gasteiger charge is -1.99. The summed E-state index contributed by atoms with van der Waals surface area (Å²) in [4.78, 5) is 28.4. The molecule has 0 unspecified atom stereocenters. The standard InChI is InChI=1S/C10H10N4O3S/c1-13-3-2-11-10(13)18-6-9(15)8-4-7(5-12-8)14(16)17/h2-5,12H,6H2,1H3. The molecule has 94 valence electrons. The first-order valence-corrected chi connectivity index (χ1v) is 6.02. The molecule has 0 aliphatic heterocycles. The quantitative estimate of drug-likeness (QED) is 0.384. The minimum absolute atomic E-state index is 0.111. The number of imidazole rings is 1. The maximum Gasteiger partial charge on any atom is 0.287 e. The first-order chi connectivity index (χ1) is 8.58. The van der Waals surface area contributed by atoms with E-state index in [0.717, 1.165) is 5.16 Å². The van der Waals surface area contributed by atoms with Crippen molar-refractivity contribution in [2.45, 2.75) is 5.16 Å². The highest BCUT2D eigenvalue weighted by Gasteiger charge is 2.15. The average Bonchev–Trinajstić information content (AvgIpc) is 2.94. The first-order valence-electron chi connectivity index (χ1n) is 5.04. The van der Waals surface area contributed by atoms with Gasteiger partial charge in [0, 0.05) is 25.5 Å². The molecule has 0 radical (unpaired) electrons. The van der Waals surface area contributed by atoms with Crippen molar-refractivity contribution < 1.29 is 9.72 Å². The number of nitro groups is 1. The van der Waals surface area contributed by atoms with Gasteiger partial charge < -0.3 is 9.55 Å². The number of hydrogen-bond donors (Lipinski definition) is 1. The maximum absolute atomic E-state index is 11.8. The minimum atomic E-state index is -0.542. The van der Waals surface area contributed by atoms with E-state index in [9.17, 15) is 14.9 Å². The molecule has 0 spiro atoms. The Morgan fingerprint density at radius 2 is 2.44 bits per heavy atom. The fourth-order valence-electron chi connectivity index (χ4n) is 1.35. The molecule has 2 heterocycles. The first kappa shape index (κ1) is 12.4. The van der Waals surface area contributed by atoms with Crippen LogP contribution in [0.3, 0.4) is 0 Å². The van der Waals surface area contributed by atoms with Crippen LogP contribution in [-0.4, -0.2) is 31.0 Å². The van der Waals surface area contributed by atoms with Gasteiger partial charge in [-0.05, 0) is 0 Å². The Balaban J connectivity index is 1.99. The smallest absolute Gasteiger partial charge is 0.287 e. The molecule has 2 aromatic rings. The van der Waals surface area contributed by atoms with Crippen LogP contribution in [0.4, 0.5) is 5.69 Å². The van der Waals surface area contributed by atoms with Crippen molar-refractivity contribution >= 4 is 23.2 Å². The van der Waals surface area contributed by atoms with Crippen LogP contribution in [0.15, 0.2) is 29.8 Å². The van der Waals surface area contributed by atoms with E-state index in [0.29, 0.717) is 0 Å². The van der Waals surface area contributed by atoms with E-state index in [1.54, 1.807) is 17.0 Å². The number of Topliss-reactive ketones (excluding diaryl/α,β-unsaturated/α-hetero) is 1. The summed E-state index contributed by atoms with van der Waals surface area (Å²) in [7, 11) is 1.83. The molecule has 2 aromatic heterocycles. The molecule has 0 aliphatic carbocycles. The summed E-state index contributed by atoms with van der Waals surface area (Å²) in [5, 5.41) is 11.2. The molecule has 0 bridgehead atoms. The fourth-order valence-corrected chi connectivity index (χ4v) is 2.16. The molecule has 2 rings (SSSR count). The van der Waals surface area contributed by atoms with E-state index in [1.807, 2.05) is 7.05 Å². The van der Waals surface area contributed by atoms with E-state index < -0.39 is 4.92 Å². The number of H-pyrrole nitrogens is 1. The maximum atomic E-state index is 11.8. The second kappa shape index (κ2) is 5.05. The second-order valence-corrected chi connectivity index (χ2v) is 4.50. The molecule has 0 saturated carbocycles. The van der Waals surface area contributed by atoms with Crippen molar-refractivity contribution in [3.63, 3.8) is 0 Å². The molecule has 8 heteroatoms. The molecular weight excluding hydrogens is 256 g/mol. The largest absolute Gasteiger partial charge is 0.353 e. The lowest BCUT2D eigenvalue weighted by molar-refractivity contribution is -0.384. The highest BCUT2D eigenvalue weighted by molar-refractivity contribution is 7.99. The van der Waals surface area contributed by atoms with Gasteiger partial charge in [0.25, 0.3) is 5.69 Å². The summed E-state index contributed by atoms with van der Waals surface area (Å²) < 4.78 is 1.80. The van der Waals surface area contributed by atoms with E-state index in [4.69, 9.17) is 0 Å². The van der Waals surface area contributed by atoms with E-state index in [1.165, 1.54) is 24.0 Å². The van der Waals surface area contributed by atoms with Crippen molar-refractivity contribution in [3.05, 3.63) is 40.5 Å². The molecule has 1 N–H and O–H groups in total. The zero-order chi connectivity index (χ0) is 13.1. The summed E-state index contributed by atoms with van der Waals surface area (Å²) in [6.07, 6.45) is 4.64. The topological polar surface area (TPSA) is 93.8 Å². The highest BCUT2D eigenvalue weighted by Crippen LogP contribution is 2.18. The third kappa shape index (κ3) is 2.59. The molecule has 0 fully saturated rings. The van der Waals surface area contributed by atoms with Crippen LogP contribution in [0.1, 0.15) is 10.5 Å². The number of nitrogens with one attached hydrogen (secondary N) is 1. The fraction of sp³-hybridized carbons (Fsp3) is 0.200. The van der Waals surface area contributed by atoms with Gasteiger partial charge >= 0.3 is 0 Å². The zero-order valence-electron chi connectivity index (χ0n) is 9.49. The number of hydrogen-bond acceptors (Lipinski definition) is 5. The van der Waals surface area contributed by atoms with Crippen molar-refractivity contribution in [2.75, 3.05) is 5.75 Å². The number of carbonyl (C=O) groups is 1. The molecule has 0 atom stereocenters. The Hall–Kier alpha value is -2.09. The molecule has 0 aliphatic rings. The van der Waals surface area contributed by atoms with Gasteiger partial charge in [-0.1, -0.05) is 11.8 Å². The molecule has 0 saturated heterocycles. The summed E-state index contributed by atoms with van der Waals surface area (Å²) in [6.45, 7) is 0. The SMILES string of the molecule is Cn1ccnc1SCC(=O)c1cc([N+](=O)[O-])c[nH]1. The monoisotopic (exact) mass is 266 g/mol. The lowest BCUT2D eigenvalue weighted by atomic mass is 10.3. The van der Waals surface area contributed by atoms with Gasteiger partial charge in [0.2, 0.25) is 0 Å². The summed E-state index contributed by atoms with van der Waals surface area (Å²) in [5.41, 5.74) is 0.128. The predicted octanol–water partition coefficient (Wildman–Crippen LogP) is 1.63. The van der Waals surface area contributed by atoms with Crippen LogP contribution in [0.2, 0.25) is 0 Å². The van der Waals surface area contributed by atoms with E-state index >= 15 is 0 Å². The van der Waals surface area contributed by atoms with Crippen LogP contribution in [0, 0.1) is 10.1 Å². The van der Waals surface area contributed by atoms with Crippen LogP contribution in [0.25, 0.3) is 0 Å². The van der Waals surface area contributed by atoms with Crippen molar-refractivity contribution in [2.24, 2.45) is 7.05 Å². The van der Waals surface area contributed by atoms with Crippen LogP contribution in [0.5, 0.6) is 0 Å². The Bertz CT molecular complexity index is 589. The van der Waals surface area contributed by atoms with Gasteiger partial charge in [0.15, 0.2) is 10.9 Å².